The molecule has 7 heteroatoms. The molecule has 0 radical (unpaired) electrons. The fourth-order valence-corrected chi connectivity index (χ4v) is 8.03. The van der Waals surface area contributed by atoms with Crippen molar-refractivity contribution in [3.05, 3.63) is 89.5 Å². The maximum Gasteiger partial charge on any atom is 0.123 e. The summed E-state index contributed by atoms with van der Waals surface area (Å²) in [6, 6.07) is 20.8. The van der Waals surface area contributed by atoms with E-state index in [1.54, 1.807) is 23.5 Å². The average Bonchev–Trinajstić information content (AvgIpc) is 2.87. The topological polar surface area (TPSA) is 12.4 Å². The number of thioether (sulfide) groups is 3. The van der Waals surface area contributed by atoms with Gasteiger partial charge in [-0.05, 0) is 91.6 Å². The van der Waals surface area contributed by atoms with Crippen LogP contribution in [0.3, 0.4) is 0 Å². The van der Waals surface area contributed by atoms with Gasteiger partial charge in [0.2, 0.25) is 0 Å². The number of benzene rings is 3. The summed E-state index contributed by atoms with van der Waals surface area (Å²) in [5.41, 5.74) is 0.887. The molecule has 0 atom stereocenters. The number of rotatable bonds is 9. The molecule has 1 aliphatic rings. The van der Waals surface area contributed by atoms with Crippen LogP contribution in [0.25, 0.3) is 0 Å². The highest BCUT2D eigenvalue weighted by Crippen LogP contribution is 2.40. The van der Waals surface area contributed by atoms with Crippen LogP contribution >= 0.6 is 46.9 Å². The molecule has 4 rings (SSSR count). The van der Waals surface area contributed by atoms with Crippen molar-refractivity contribution in [1.82, 2.24) is 0 Å². The molecule has 1 saturated carbocycles. The van der Waals surface area contributed by atoms with Crippen LogP contribution in [0.1, 0.15) is 38.5 Å². The molecule has 0 amide bonds. The third-order valence-electron chi connectivity index (χ3n) is 5.79. The van der Waals surface area contributed by atoms with E-state index in [0.29, 0.717) is 5.02 Å². The summed E-state index contributed by atoms with van der Waals surface area (Å²) in [5, 5.41) is 1.77. The SMILES string of the molecule is Fc1ccc(SC(CC(=Nc2ccc(Cl)cc2)SCC2CCCCC2)Sc2ccc(F)cc2)cc1. The van der Waals surface area contributed by atoms with Crippen molar-refractivity contribution >= 4 is 57.6 Å². The Morgan fingerprint density at radius 2 is 1.34 bits per heavy atom. The molecule has 0 heterocycles. The van der Waals surface area contributed by atoms with E-state index in [1.165, 1.54) is 56.4 Å². The zero-order valence-electron chi connectivity index (χ0n) is 19.3. The highest BCUT2D eigenvalue weighted by Gasteiger charge is 2.20. The maximum atomic E-state index is 13.5. The maximum absolute atomic E-state index is 13.5. The lowest BCUT2D eigenvalue weighted by Gasteiger charge is -2.22. The quantitative estimate of drug-likeness (QED) is 0.114. The lowest BCUT2D eigenvalue weighted by Crippen LogP contribution is -2.12. The molecule has 184 valence electrons. The van der Waals surface area contributed by atoms with Gasteiger partial charge in [-0.3, -0.25) is 0 Å². The van der Waals surface area contributed by atoms with E-state index >= 15 is 0 Å². The molecular weight excluding hydrogens is 520 g/mol. The van der Waals surface area contributed by atoms with E-state index < -0.39 is 0 Å². The molecule has 0 N–H and O–H groups in total. The van der Waals surface area contributed by atoms with Crippen LogP contribution in [0.4, 0.5) is 14.5 Å². The normalized spacial score (nSPS) is 15.0. The van der Waals surface area contributed by atoms with Gasteiger partial charge in [0.1, 0.15) is 11.6 Å². The van der Waals surface area contributed by atoms with Crippen LogP contribution in [0.5, 0.6) is 0 Å². The predicted octanol–water partition coefficient (Wildman–Crippen LogP) is 10.3. The van der Waals surface area contributed by atoms with Crippen LogP contribution in [-0.4, -0.2) is 15.4 Å². The Kier molecular flexibility index (Phi) is 10.4. The number of hydrogen-bond donors (Lipinski definition) is 0. The number of nitrogens with zero attached hydrogens (tertiary/aromatic N) is 1. The third kappa shape index (κ3) is 9.16. The van der Waals surface area contributed by atoms with Gasteiger partial charge in [-0.1, -0.05) is 30.9 Å². The largest absolute Gasteiger partial charge is 0.247 e. The molecule has 0 bridgehead atoms. The molecule has 0 saturated heterocycles. The Morgan fingerprint density at radius 1 is 0.800 bits per heavy atom. The molecule has 35 heavy (non-hydrogen) atoms. The van der Waals surface area contributed by atoms with E-state index in [0.717, 1.165) is 38.6 Å². The van der Waals surface area contributed by atoms with Crippen LogP contribution in [0, 0.1) is 17.6 Å². The first kappa shape index (κ1) is 26.6. The Morgan fingerprint density at radius 3 is 1.89 bits per heavy atom. The second-order valence-electron chi connectivity index (χ2n) is 8.57. The lowest BCUT2D eigenvalue weighted by molar-refractivity contribution is 0.391. The number of halogens is 3. The van der Waals surface area contributed by atoms with Gasteiger partial charge in [0, 0.05) is 27.0 Å². The Bertz CT molecular complexity index is 1040. The molecule has 0 aliphatic heterocycles. The fourth-order valence-electron chi connectivity index (χ4n) is 3.94. The summed E-state index contributed by atoms with van der Waals surface area (Å²) in [7, 11) is 0. The van der Waals surface area contributed by atoms with E-state index in [1.807, 2.05) is 60.3 Å². The van der Waals surface area contributed by atoms with Gasteiger partial charge in [-0.15, -0.1) is 35.3 Å². The molecule has 1 nitrogen and oxygen atoms in total. The van der Waals surface area contributed by atoms with Crippen LogP contribution in [0.2, 0.25) is 5.02 Å². The van der Waals surface area contributed by atoms with Crippen molar-refractivity contribution < 1.29 is 8.78 Å². The second kappa shape index (κ2) is 13.7. The first-order valence-corrected chi connectivity index (χ1v) is 15.0. The number of hydrogen-bond acceptors (Lipinski definition) is 4. The highest BCUT2D eigenvalue weighted by atomic mass is 35.5. The summed E-state index contributed by atoms with van der Waals surface area (Å²) in [6.07, 6.45) is 7.30. The van der Waals surface area contributed by atoms with Crippen molar-refractivity contribution in [3.8, 4) is 0 Å². The van der Waals surface area contributed by atoms with E-state index in [2.05, 4.69) is 0 Å². The first-order chi connectivity index (χ1) is 17.0. The second-order valence-corrected chi connectivity index (χ2v) is 13.0. The van der Waals surface area contributed by atoms with Crippen molar-refractivity contribution in [1.29, 1.82) is 0 Å². The molecular formula is C28H28ClF2NS3. The molecule has 0 aromatic heterocycles. The summed E-state index contributed by atoms with van der Waals surface area (Å²) in [5.74, 6) is 1.31. The summed E-state index contributed by atoms with van der Waals surface area (Å²) in [6.45, 7) is 0. The Balaban J connectivity index is 1.55. The lowest BCUT2D eigenvalue weighted by atomic mass is 9.91. The molecule has 0 unspecified atom stereocenters. The summed E-state index contributed by atoms with van der Waals surface area (Å²) >= 11 is 11.3. The Hall–Kier alpha value is -1.47. The van der Waals surface area contributed by atoms with Gasteiger partial charge in [-0.25, -0.2) is 13.8 Å². The van der Waals surface area contributed by atoms with E-state index in [9.17, 15) is 8.78 Å². The monoisotopic (exact) mass is 547 g/mol. The van der Waals surface area contributed by atoms with Crippen LogP contribution < -0.4 is 0 Å². The zero-order chi connectivity index (χ0) is 24.5. The summed E-state index contributed by atoms with van der Waals surface area (Å²) in [4.78, 5) is 7.00. The van der Waals surface area contributed by atoms with Gasteiger partial charge in [0.05, 0.1) is 15.3 Å². The number of aliphatic imine (C=N–C) groups is 1. The van der Waals surface area contributed by atoms with E-state index in [4.69, 9.17) is 16.6 Å². The average molecular weight is 548 g/mol. The standard InChI is InChI=1S/C28H28ClF2NS3/c29-21-6-12-24(13-7-21)32-27(33-19-20-4-2-1-3-5-20)18-28(34-25-14-8-22(30)9-15-25)35-26-16-10-23(31)11-17-26/h6-17,20,28H,1-5,18-19H2. The molecule has 3 aromatic rings. The highest BCUT2D eigenvalue weighted by molar-refractivity contribution is 8.17. The van der Waals surface area contributed by atoms with Gasteiger partial charge in [0.25, 0.3) is 0 Å². The zero-order valence-corrected chi connectivity index (χ0v) is 22.5. The van der Waals surface area contributed by atoms with Crippen LogP contribution in [0.15, 0.2) is 87.6 Å². The van der Waals surface area contributed by atoms with E-state index in [-0.39, 0.29) is 16.2 Å². The smallest absolute Gasteiger partial charge is 0.123 e. The van der Waals surface area contributed by atoms with Crippen molar-refractivity contribution in [2.75, 3.05) is 5.75 Å². The third-order valence-corrected chi connectivity index (χ3v) is 9.80. The van der Waals surface area contributed by atoms with Crippen LogP contribution in [-0.2, 0) is 0 Å². The first-order valence-electron chi connectivity index (χ1n) is 11.8. The van der Waals surface area contributed by atoms with Gasteiger partial charge < -0.3 is 0 Å². The van der Waals surface area contributed by atoms with Crippen molar-refractivity contribution in [3.63, 3.8) is 0 Å². The van der Waals surface area contributed by atoms with Gasteiger partial charge >= 0.3 is 0 Å². The fraction of sp³-hybridized carbons (Fsp3) is 0.321. The van der Waals surface area contributed by atoms with Crippen molar-refractivity contribution in [2.24, 2.45) is 10.9 Å². The summed E-state index contributed by atoms with van der Waals surface area (Å²) < 4.78 is 27.1. The molecule has 1 aliphatic carbocycles. The minimum absolute atomic E-state index is 0.0934. The minimum Gasteiger partial charge on any atom is -0.247 e. The predicted molar refractivity (Wildman–Crippen MR) is 150 cm³/mol. The Labute approximate surface area is 224 Å². The van der Waals surface area contributed by atoms with Crippen molar-refractivity contribution in [2.45, 2.75) is 52.9 Å². The van der Waals surface area contributed by atoms with Gasteiger partial charge in [-0.2, -0.15) is 0 Å². The minimum atomic E-state index is -0.245. The molecule has 0 spiro atoms. The molecule has 3 aromatic carbocycles. The molecule has 1 fully saturated rings. The van der Waals surface area contributed by atoms with Gasteiger partial charge in [0.15, 0.2) is 0 Å².